The Morgan fingerprint density at radius 3 is 2.73 bits per heavy atom. The van der Waals surface area contributed by atoms with Gasteiger partial charge in [-0.3, -0.25) is 4.79 Å². The Kier molecular flexibility index (Phi) is 4.18. The van der Waals surface area contributed by atoms with E-state index in [-0.39, 0.29) is 17.6 Å². The standard InChI is InChI=1S/C18H16N4O4/c1-10(23)17-20-21-18(25-17)12-7-13(8-12)19-16(24)15-9-14(22-26-15)11-5-3-2-4-6-11/h2-6,9-10,12,23H,7-8H2,1H3/t10-,12?/m1/s1. The smallest absolute Gasteiger partial charge is 0.315 e. The van der Waals surface area contributed by atoms with Gasteiger partial charge >= 0.3 is 5.91 Å². The number of aliphatic hydroxyl groups is 1. The van der Waals surface area contributed by atoms with E-state index in [1.807, 2.05) is 30.3 Å². The first-order valence-electron chi connectivity index (χ1n) is 8.24. The number of rotatable bonds is 4. The molecule has 1 amide bonds. The van der Waals surface area contributed by atoms with Crippen LogP contribution < -0.4 is 0 Å². The summed E-state index contributed by atoms with van der Waals surface area (Å²) in [6, 6.07) is 11.1. The van der Waals surface area contributed by atoms with Crippen LogP contribution in [0.4, 0.5) is 0 Å². The first kappa shape index (κ1) is 16.3. The normalized spacial score (nSPS) is 17.6. The summed E-state index contributed by atoms with van der Waals surface area (Å²) in [6.45, 7) is 1.56. The molecule has 0 saturated heterocycles. The van der Waals surface area contributed by atoms with Crippen molar-refractivity contribution in [3.63, 3.8) is 0 Å². The number of aromatic nitrogens is 3. The second kappa shape index (κ2) is 6.64. The molecule has 1 saturated carbocycles. The van der Waals surface area contributed by atoms with Crippen LogP contribution in [0, 0.1) is 0 Å². The van der Waals surface area contributed by atoms with Crippen molar-refractivity contribution in [3.05, 3.63) is 53.9 Å². The van der Waals surface area contributed by atoms with E-state index in [1.165, 1.54) is 0 Å². The van der Waals surface area contributed by atoms with Gasteiger partial charge in [-0.1, -0.05) is 35.5 Å². The molecule has 4 rings (SSSR count). The summed E-state index contributed by atoms with van der Waals surface area (Å²) in [4.78, 5) is 16.3. The molecule has 1 aromatic carbocycles. The lowest BCUT2D eigenvalue weighted by molar-refractivity contribution is 0.0966. The van der Waals surface area contributed by atoms with Crippen molar-refractivity contribution < 1.29 is 18.8 Å². The van der Waals surface area contributed by atoms with E-state index in [1.54, 1.807) is 13.0 Å². The highest BCUT2D eigenvalue weighted by molar-refractivity contribution is 6.05. The van der Waals surface area contributed by atoms with Crippen LogP contribution in [0.5, 0.6) is 0 Å². The lowest BCUT2D eigenvalue weighted by atomic mass is 9.83. The van der Waals surface area contributed by atoms with Crippen molar-refractivity contribution in [3.8, 4) is 11.3 Å². The summed E-state index contributed by atoms with van der Waals surface area (Å²) >= 11 is 0. The summed E-state index contributed by atoms with van der Waals surface area (Å²) in [5.41, 5.74) is 2.21. The molecule has 0 radical (unpaired) electrons. The molecule has 8 heteroatoms. The molecular weight excluding hydrogens is 336 g/mol. The second-order valence-corrected chi connectivity index (χ2v) is 6.19. The molecule has 0 bridgehead atoms. The van der Waals surface area contributed by atoms with E-state index in [9.17, 15) is 9.90 Å². The van der Waals surface area contributed by atoms with Crippen LogP contribution >= 0.6 is 0 Å². The highest BCUT2D eigenvalue weighted by Gasteiger charge is 2.32. The molecule has 0 unspecified atom stereocenters. The Labute approximate surface area is 148 Å². The zero-order valence-electron chi connectivity index (χ0n) is 14.0. The average Bonchev–Trinajstić information content (AvgIpc) is 3.28. The van der Waals surface area contributed by atoms with Gasteiger partial charge < -0.3 is 14.0 Å². The van der Waals surface area contributed by atoms with Crippen molar-refractivity contribution in [2.45, 2.75) is 31.8 Å². The average molecular weight is 352 g/mol. The first-order chi connectivity index (χ1) is 12.6. The molecule has 26 heavy (non-hydrogen) atoms. The summed E-state index contributed by atoms with van der Waals surface area (Å²) in [7, 11) is 0. The summed E-state index contributed by atoms with van der Waals surface area (Å²) < 4.78 is 10.5. The van der Waals surface area contributed by atoms with E-state index in [4.69, 9.17) is 8.94 Å². The highest BCUT2D eigenvalue weighted by Crippen LogP contribution is 2.34. The number of nitrogens with zero attached hydrogens (tertiary/aromatic N) is 4. The van der Waals surface area contributed by atoms with Gasteiger partial charge in [0.15, 0.2) is 0 Å². The van der Waals surface area contributed by atoms with Crippen molar-refractivity contribution in [2.24, 2.45) is 4.99 Å². The number of hydrogen-bond acceptors (Lipinski definition) is 7. The van der Waals surface area contributed by atoms with Gasteiger partial charge in [0.25, 0.3) is 0 Å². The second-order valence-electron chi connectivity index (χ2n) is 6.19. The zero-order chi connectivity index (χ0) is 18.1. The fraction of sp³-hybridized carbons (Fsp3) is 0.278. The summed E-state index contributed by atoms with van der Waals surface area (Å²) in [5.74, 6) is 0.323. The van der Waals surface area contributed by atoms with E-state index < -0.39 is 12.0 Å². The SMILES string of the molecule is C[C@@H](O)c1nnc(C2CC(=NC(=O)c3cc(-c4ccccc4)no3)C2)o1. The van der Waals surface area contributed by atoms with E-state index in [0.29, 0.717) is 24.4 Å². The fourth-order valence-electron chi connectivity index (χ4n) is 2.67. The van der Waals surface area contributed by atoms with Crippen LogP contribution in [-0.4, -0.2) is 32.1 Å². The number of aliphatic imine (C=N–C) groups is 1. The third-order valence-corrected chi connectivity index (χ3v) is 4.18. The minimum Gasteiger partial charge on any atom is -0.422 e. The predicted octanol–water partition coefficient (Wildman–Crippen LogP) is 2.94. The van der Waals surface area contributed by atoms with Gasteiger partial charge in [-0.15, -0.1) is 10.2 Å². The Bertz CT molecular complexity index is 950. The number of carbonyl (C=O) groups is 1. The van der Waals surface area contributed by atoms with Crippen LogP contribution in [0.3, 0.4) is 0 Å². The van der Waals surface area contributed by atoms with E-state index >= 15 is 0 Å². The number of hydrogen-bond donors (Lipinski definition) is 1. The molecule has 1 N–H and O–H groups in total. The maximum atomic E-state index is 12.2. The van der Waals surface area contributed by atoms with Crippen molar-refractivity contribution in [2.75, 3.05) is 0 Å². The minimum atomic E-state index is -0.795. The van der Waals surface area contributed by atoms with Gasteiger partial charge in [0.05, 0.1) is 0 Å². The molecule has 3 aromatic rings. The lowest BCUT2D eigenvalue weighted by Crippen LogP contribution is -2.23. The lowest BCUT2D eigenvalue weighted by Gasteiger charge is -2.23. The monoisotopic (exact) mass is 352 g/mol. The predicted molar refractivity (Wildman–Crippen MR) is 90.6 cm³/mol. The van der Waals surface area contributed by atoms with Gasteiger partial charge in [0.1, 0.15) is 11.8 Å². The Morgan fingerprint density at radius 2 is 2.04 bits per heavy atom. The van der Waals surface area contributed by atoms with Gasteiger partial charge in [-0.25, -0.2) is 4.99 Å². The van der Waals surface area contributed by atoms with E-state index in [2.05, 4.69) is 20.3 Å². The molecule has 0 aliphatic heterocycles. The Morgan fingerprint density at radius 1 is 1.27 bits per heavy atom. The van der Waals surface area contributed by atoms with Gasteiger partial charge in [-0.2, -0.15) is 0 Å². The van der Waals surface area contributed by atoms with Crippen LogP contribution in [0.25, 0.3) is 11.3 Å². The van der Waals surface area contributed by atoms with Crippen molar-refractivity contribution in [1.82, 2.24) is 15.4 Å². The third kappa shape index (κ3) is 3.18. The summed E-state index contributed by atoms with van der Waals surface area (Å²) in [5, 5.41) is 21.0. The molecule has 0 spiro atoms. The molecule has 132 valence electrons. The number of aliphatic hydroxyl groups excluding tert-OH is 1. The highest BCUT2D eigenvalue weighted by atomic mass is 16.5. The molecule has 8 nitrogen and oxygen atoms in total. The molecule has 1 atom stereocenters. The zero-order valence-corrected chi connectivity index (χ0v) is 14.0. The maximum Gasteiger partial charge on any atom is 0.315 e. The Balaban J connectivity index is 1.40. The maximum absolute atomic E-state index is 12.2. The van der Waals surface area contributed by atoms with Crippen molar-refractivity contribution >= 4 is 11.6 Å². The quantitative estimate of drug-likeness (QED) is 0.767. The molecular formula is C18H16N4O4. The van der Waals surface area contributed by atoms with Crippen molar-refractivity contribution in [1.29, 1.82) is 0 Å². The summed E-state index contributed by atoms with van der Waals surface area (Å²) in [6.07, 6.45) is 0.330. The first-order valence-corrected chi connectivity index (χ1v) is 8.24. The molecule has 2 heterocycles. The Hall–Kier alpha value is -3.13. The number of carbonyl (C=O) groups excluding carboxylic acids is 1. The van der Waals surface area contributed by atoms with Crippen LogP contribution in [0.2, 0.25) is 0 Å². The minimum absolute atomic E-state index is 0.0242. The molecule has 1 aliphatic rings. The number of amides is 1. The molecule has 2 aromatic heterocycles. The number of benzene rings is 1. The fourth-order valence-corrected chi connectivity index (χ4v) is 2.67. The van der Waals surface area contributed by atoms with Crippen LogP contribution in [-0.2, 0) is 0 Å². The third-order valence-electron chi connectivity index (χ3n) is 4.18. The molecule has 1 aliphatic carbocycles. The van der Waals surface area contributed by atoms with Crippen LogP contribution in [0.1, 0.15) is 54.1 Å². The molecule has 1 fully saturated rings. The van der Waals surface area contributed by atoms with Gasteiger partial charge in [0, 0.05) is 23.3 Å². The van der Waals surface area contributed by atoms with Crippen LogP contribution in [0.15, 0.2) is 50.3 Å². The largest absolute Gasteiger partial charge is 0.422 e. The van der Waals surface area contributed by atoms with Gasteiger partial charge in [-0.05, 0) is 19.8 Å². The van der Waals surface area contributed by atoms with E-state index in [0.717, 1.165) is 11.3 Å². The topological polar surface area (TPSA) is 115 Å². The van der Waals surface area contributed by atoms with Gasteiger partial charge in [0.2, 0.25) is 17.5 Å².